The molecule has 0 fully saturated rings. The summed E-state index contributed by atoms with van der Waals surface area (Å²) in [6.45, 7) is 0. The van der Waals surface area contributed by atoms with E-state index < -0.39 is 7.60 Å². The molecule has 1 atom stereocenters. The molecule has 0 rings (SSSR count). The normalized spacial score (nSPS) is 8.30. The smallest absolute Gasteiger partial charge is 1.00 e. The van der Waals surface area contributed by atoms with Gasteiger partial charge < -0.3 is 14.1 Å². The van der Waals surface area contributed by atoms with Crippen molar-refractivity contribution in [3.63, 3.8) is 0 Å². The Balaban J connectivity index is -0.0000000120. The van der Waals surface area contributed by atoms with E-state index >= 15 is 0 Å². The summed E-state index contributed by atoms with van der Waals surface area (Å²) in [6, 6.07) is 0. The van der Waals surface area contributed by atoms with Crippen LogP contribution in [0.2, 0.25) is 0 Å². The summed E-state index contributed by atoms with van der Waals surface area (Å²) in [6.07, 6.45) is 0.432. The molecule has 0 aromatic carbocycles. The molecule has 0 aliphatic carbocycles. The van der Waals surface area contributed by atoms with Gasteiger partial charge in [0.15, 0.2) is 0 Å². The Kier molecular flexibility index (Phi) is 29.5. The summed E-state index contributed by atoms with van der Waals surface area (Å²) in [5.41, 5.74) is 0. The van der Waals surface area contributed by atoms with Crippen LogP contribution in [-0.2, 0) is 4.57 Å². The molecule has 10 heavy (non-hydrogen) atoms. The van der Waals surface area contributed by atoms with Crippen LogP contribution in [0.3, 0.4) is 0 Å². The third kappa shape index (κ3) is 22.6. The SMILES string of the molecule is O=P(O)(O)CCP.[H-].[H-].[H-].[Na+].[Na+].[Na+]. The van der Waals surface area contributed by atoms with Gasteiger partial charge in [-0.25, -0.2) is 0 Å². The Hall–Kier alpha value is 3.58. The first-order valence-electron chi connectivity index (χ1n) is 1.81. The molecule has 0 saturated carbocycles. The summed E-state index contributed by atoms with van der Waals surface area (Å²) in [4.78, 5) is 16.2. The third-order valence-electron chi connectivity index (χ3n) is 0.420. The van der Waals surface area contributed by atoms with E-state index in [9.17, 15) is 4.57 Å². The second-order valence-electron chi connectivity index (χ2n) is 1.18. The van der Waals surface area contributed by atoms with Crippen LogP contribution in [0.4, 0.5) is 0 Å². The summed E-state index contributed by atoms with van der Waals surface area (Å²) in [7, 11) is -1.44. The minimum atomic E-state index is -3.69. The van der Waals surface area contributed by atoms with Gasteiger partial charge in [0.25, 0.3) is 0 Å². The average Bonchev–Trinajstić information content (AvgIpc) is 1.30. The molecule has 1 unspecified atom stereocenters. The molecule has 3 nitrogen and oxygen atoms in total. The second kappa shape index (κ2) is 12.6. The molecule has 0 spiro atoms. The summed E-state index contributed by atoms with van der Waals surface area (Å²) in [5.74, 6) is 0. The Morgan fingerprint density at radius 2 is 1.60 bits per heavy atom. The fraction of sp³-hybridized carbons (Fsp3) is 1.00. The molecule has 0 amide bonds. The molecule has 50 valence electrons. The van der Waals surface area contributed by atoms with Gasteiger partial charge >= 0.3 is 96.3 Å². The summed E-state index contributed by atoms with van der Waals surface area (Å²) < 4.78 is 9.91. The number of rotatable bonds is 2. The quantitative estimate of drug-likeness (QED) is 0.354. The molecule has 0 aromatic heterocycles. The Morgan fingerprint density at radius 1 is 1.30 bits per heavy atom. The molecular formula is C2H11Na3O3P2. The zero-order valence-electron chi connectivity index (χ0n) is 9.74. The Bertz CT molecular complexity index is 104. The van der Waals surface area contributed by atoms with E-state index in [4.69, 9.17) is 9.79 Å². The second-order valence-corrected chi connectivity index (χ2v) is 3.53. The molecule has 0 heterocycles. The monoisotopic (exact) mass is 214 g/mol. The zero-order chi connectivity index (χ0) is 5.91. The van der Waals surface area contributed by atoms with Gasteiger partial charge in [0.2, 0.25) is 0 Å². The molecule has 2 N–H and O–H groups in total. The molecular weight excluding hydrogens is 203 g/mol. The Labute approximate surface area is 134 Å². The molecule has 0 radical (unpaired) electrons. The van der Waals surface area contributed by atoms with Gasteiger partial charge in [0.05, 0.1) is 6.16 Å². The maximum atomic E-state index is 9.91. The summed E-state index contributed by atoms with van der Waals surface area (Å²) in [5, 5.41) is 0. The van der Waals surface area contributed by atoms with Crippen molar-refractivity contribution in [2.45, 2.75) is 0 Å². The summed E-state index contributed by atoms with van der Waals surface area (Å²) >= 11 is 0. The Morgan fingerprint density at radius 3 is 1.60 bits per heavy atom. The van der Waals surface area contributed by atoms with Crippen molar-refractivity contribution in [2.75, 3.05) is 12.3 Å². The van der Waals surface area contributed by atoms with Gasteiger partial charge in [-0.2, -0.15) is 0 Å². The molecule has 0 aromatic rings. The van der Waals surface area contributed by atoms with E-state index in [1.54, 1.807) is 0 Å². The van der Waals surface area contributed by atoms with Crippen LogP contribution >= 0.6 is 16.8 Å². The third-order valence-corrected chi connectivity index (χ3v) is 2.04. The average molecular weight is 214 g/mol. The van der Waals surface area contributed by atoms with E-state index in [2.05, 4.69) is 9.24 Å². The van der Waals surface area contributed by atoms with Gasteiger partial charge in [-0.3, -0.25) is 4.57 Å². The van der Waals surface area contributed by atoms with E-state index in [0.717, 1.165) is 0 Å². The van der Waals surface area contributed by atoms with E-state index in [1.165, 1.54) is 0 Å². The minimum Gasteiger partial charge on any atom is -1.00 e. The molecule has 0 aliphatic rings. The van der Waals surface area contributed by atoms with E-state index in [0.29, 0.717) is 6.16 Å². The number of hydrogen-bond donors (Lipinski definition) is 2. The fourth-order valence-corrected chi connectivity index (χ4v) is 1.51. The first-order valence-corrected chi connectivity index (χ1v) is 4.42. The topological polar surface area (TPSA) is 57.5 Å². The van der Waals surface area contributed by atoms with Crippen LogP contribution in [0.1, 0.15) is 4.28 Å². The minimum absolute atomic E-state index is 0. The largest absolute Gasteiger partial charge is 1.00 e. The van der Waals surface area contributed by atoms with Crippen LogP contribution in [-0.4, -0.2) is 22.1 Å². The predicted molar refractivity (Wildman–Crippen MR) is 34.8 cm³/mol. The molecule has 8 heteroatoms. The van der Waals surface area contributed by atoms with Gasteiger partial charge in [-0.05, 0) is 6.16 Å². The van der Waals surface area contributed by atoms with Crippen molar-refractivity contribution in [1.82, 2.24) is 0 Å². The first-order chi connectivity index (χ1) is 3.06. The predicted octanol–water partition coefficient (Wildman–Crippen LogP) is -8.61. The van der Waals surface area contributed by atoms with Crippen LogP contribution in [0, 0.1) is 0 Å². The maximum Gasteiger partial charge on any atom is 1.00 e. The van der Waals surface area contributed by atoms with Crippen molar-refractivity contribution in [3.05, 3.63) is 0 Å². The molecule has 0 bridgehead atoms. The van der Waals surface area contributed by atoms with Crippen LogP contribution in [0.5, 0.6) is 0 Å². The first kappa shape index (κ1) is 23.4. The van der Waals surface area contributed by atoms with Crippen molar-refractivity contribution < 1.29 is 107 Å². The van der Waals surface area contributed by atoms with Crippen molar-refractivity contribution in [2.24, 2.45) is 0 Å². The standard InChI is InChI=1S/C2H8O3P2.3Na.3H/c3-7(4,5)2-1-6;;;;;;/h1-2,6H2,(H2,3,4,5);;;;;;/q;3*+1;3*-1. The van der Waals surface area contributed by atoms with Crippen LogP contribution < -0.4 is 88.7 Å². The van der Waals surface area contributed by atoms with Gasteiger partial charge in [-0.1, -0.05) is 0 Å². The van der Waals surface area contributed by atoms with E-state index in [1.807, 2.05) is 0 Å². The number of hydrogen-bond acceptors (Lipinski definition) is 1. The zero-order valence-corrected chi connectivity index (χ0v) is 14.8. The van der Waals surface area contributed by atoms with Gasteiger partial charge in [0, 0.05) is 0 Å². The van der Waals surface area contributed by atoms with Crippen LogP contribution in [0.25, 0.3) is 0 Å². The van der Waals surface area contributed by atoms with Crippen LogP contribution in [0.15, 0.2) is 0 Å². The van der Waals surface area contributed by atoms with E-state index in [-0.39, 0.29) is 99.1 Å². The van der Waals surface area contributed by atoms with Crippen molar-refractivity contribution >= 4 is 16.8 Å². The van der Waals surface area contributed by atoms with Crippen molar-refractivity contribution in [3.8, 4) is 0 Å². The maximum absolute atomic E-state index is 9.91. The van der Waals surface area contributed by atoms with Gasteiger partial charge in [0.1, 0.15) is 0 Å². The molecule has 0 aliphatic heterocycles. The fourth-order valence-electron chi connectivity index (χ4n) is 0.168. The van der Waals surface area contributed by atoms with Crippen molar-refractivity contribution in [1.29, 1.82) is 0 Å². The van der Waals surface area contributed by atoms with Gasteiger partial charge in [-0.15, -0.1) is 9.24 Å². The molecule has 0 saturated heterocycles.